The second-order valence-corrected chi connectivity index (χ2v) is 4.39. The van der Waals surface area contributed by atoms with Crippen molar-refractivity contribution in [2.75, 3.05) is 5.32 Å². The van der Waals surface area contributed by atoms with E-state index in [1.54, 1.807) is 12.4 Å². The van der Waals surface area contributed by atoms with Gasteiger partial charge in [0.15, 0.2) is 0 Å². The Morgan fingerprint density at radius 1 is 1.25 bits per heavy atom. The third-order valence-electron chi connectivity index (χ3n) is 2.50. The molecule has 3 nitrogen and oxygen atoms in total. The summed E-state index contributed by atoms with van der Waals surface area (Å²) in [6.07, 6.45) is 9.25. The number of aromatic nitrogens is 2. The predicted octanol–water partition coefficient (Wildman–Crippen LogP) is 3.90. The van der Waals surface area contributed by atoms with E-state index >= 15 is 0 Å². The van der Waals surface area contributed by atoms with Gasteiger partial charge < -0.3 is 5.32 Å². The van der Waals surface area contributed by atoms with Crippen LogP contribution in [0, 0.1) is 0 Å². The van der Waals surface area contributed by atoms with Crippen LogP contribution in [0.5, 0.6) is 0 Å². The molecule has 0 saturated carbocycles. The SMILES string of the molecule is CCCCC(CCC)Nc1cncc(Cl)n1. The third kappa shape index (κ3) is 4.79. The summed E-state index contributed by atoms with van der Waals surface area (Å²) in [7, 11) is 0. The number of hydrogen-bond donors (Lipinski definition) is 1. The van der Waals surface area contributed by atoms with Crippen molar-refractivity contribution >= 4 is 17.4 Å². The van der Waals surface area contributed by atoms with Gasteiger partial charge in [-0.3, -0.25) is 4.98 Å². The van der Waals surface area contributed by atoms with Gasteiger partial charge in [-0.2, -0.15) is 0 Å². The molecule has 1 N–H and O–H groups in total. The molecule has 1 heterocycles. The molecule has 0 aliphatic heterocycles. The molecule has 0 radical (unpaired) electrons. The molecular weight excluding hydrogens is 222 g/mol. The Hall–Kier alpha value is -0.830. The smallest absolute Gasteiger partial charge is 0.149 e. The highest BCUT2D eigenvalue weighted by molar-refractivity contribution is 6.29. The predicted molar refractivity (Wildman–Crippen MR) is 68.9 cm³/mol. The van der Waals surface area contributed by atoms with Gasteiger partial charge in [0.1, 0.15) is 11.0 Å². The molecule has 0 saturated heterocycles. The Bertz CT molecular complexity index is 304. The fraction of sp³-hybridized carbons (Fsp3) is 0.667. The summed E-state index contributed by atoms with van der Waals surface area (Å²) < 4.78 is 0. The van der Waals surface area contributed by atoms with Crippen LogP contribution in [0.2, 0.25) is 5.15 Å². The zero-order valence-corrected chi connectivity index (χ0v) is 10.8. The van der Waals surface area contributed by atoms with Crippen LogP contribution in [0.1, 0.15) is 46.0 Å². The van der Waals surface area contributed by atoms with Crippen molar-refractivity contribution in [3.05, 3.63) is 17.5 Å². The third-order valence-corrected chi connectivity index (χ3v) is 2.68. The van der Waals surface area contributed by atoms with Gasteiger partial charge in [0.05, 0.1) is 12.4 Å². The van der Waals surface area contributed by atoms with Crippen LogP contribution < -0.4 is 5.32 Å². The van der Waals surface area contributed by atoms with Crippen LogP contribution in [-0.4, -0.2) is 16.0 Å². The minimum Gasteiger partial charge on any atom is -0.366 e. The number of hydrogen-bond acceptors (Lipinski definition) is 3. The molecule has 0 fully saturated rings. The molecule has 0 bridgehead atoms. The average Bonchev–Trinajstić information content (AvgIpc) is 2.26. The molecule has 0 aliphatic rings. The molecule has 1 rings (SSSR count). The topological polar surface area (TPSA) is 37.8 Å². The lowest BCUT2D eigenvalue weighted by atomic mass is 10.1. The highest BCUT2D eigenvalue weighted by atomic mass is 35.5. The minimum absolute atomic E-state index is 0.440. The fourth-order valence-electron chi connectivity index (χ4n) is 1.71. The first-order valence-corrected chi connectivity index (χ1v) is 6.38. The molecule has 90 valence electrons. The van der Waals surface area contributed by atoms with Gasteiger partial charge in [-0.15, -0.1) is 0 Å². The van der Waals surface area contributed by atoms with Crippen molar-refractivity contribution in [3.63, 3.8) is 0 Å². The van der Waals surface area contributed by atoms with Crippen molar-refractivity contribution in [1.29, 1.82) is 0 Å². The summed E-state index contributed by atoms with van der Waals surface area (Å²) >= 11 is 5.80. The van der Waals surface area contributed by atoms with Crippen LogP contribution in [0.4, 0.5) is 5.82 Å². The molecule has 0 aromatic carbocycles. The largest absolute Gasteiger partial charge is 0.366 e. The van der Waals surface area contributed by atoms with Crippen molar-refractivity contribution in [3.8, 4) is 0 Å². The summed E-state index contributed by atoms with van der Waals surface area (Å²) in [6.45, 7) is 4.41. The molecule has 4 heteroatoms. The van der Waals surface area contributed by atoms with E-state index in [-0.39, 0.29) is 0 Å². The maximum atomic E-state index is 5.80. The summed E-state index contributed by atoms with van der Waals surface area (Å²) in [5, 5.41) is 3.84. The zero-order valence-electron chi connectivity index (χ0n) is 10.0. The van der Waals surface area contributed by atoms with Gasteiger partial charge in [0, 0.05) is 6.04 Å². The van der Waals surface area contributed by atoms with E-state index in [0.29, 0.717) is 11.2 Å². The van der Waals surface area contributed by atoms with Gasteiger partial charge in [-0.1, -0.05) is 44.7 Å². The lowest BCUT2D eigenvalue weighted by molar-refractivity contribution is 0.562. The fourth-order valence-corrected chi connectivity index (χ4v) is 1.86. The molecule has 1 unspecified atom stereocenters. The molecule has 16 heavy (non-hydrogen) atoms. The number of unbranched alkanes of at least 4 members (excludes halogenated alkanes) is 1. The summed E-state index contributed by atoms with van der Waals surface area (Å²) in [6, 6.07) is 0.484. The average molecular weight is 242 g/mol. The van der Waals surface area contributed by atoms with Crippen LogP contribution in [0.25, 0.3) is 0 Å². The van der Waals surface area contributed by atoms with Crippen LogP contribution in [0.15, 0.2) is 12.4 Å². The zero-order chi connectivity index (χ0) is 11.8. The Balaban J connectivity index is 2.52. The first kappa shape index (κ1) is 13.2. The summed E-state index contributed by atoms with van der Waals surface area (Å²) in [5.74, 6) is 0.780. The van der Waals surface area contributed by atoms with Gasteiger partial charge in [-0.05, 0) is 12.8 Å². The van der Waals surface area contributed by atoms with Gasteiger partial charge in [0.25, 0.3) is 0 Å². The lowest BCUT2D eigenvalue weighted by Gasteiger charge is -2.18. The maximum Gasteiger partial charge on any atom is 0.149 e. The Morgan fingerprint density at radius 2 is 2.06 bits per heavy atom. The normalized spacial score (nSPS) is 12.4. The molecule has 0 spiro atoms. The van der Waals surface area contributed by atoms with E-state index in [4.69, 9.17) is 11.6 Å². The van der Waals surface area contributed by atoms with Crippen molar-refractivity contribution in [2.45, 2.75) is 52.0 Å². The Morgan fingerprint density at radius 3 is 2.69 bits per heavy atom. The van der Waals surface area contributed by atoms with Crippen molar-refractivity contribution in [2.24, 2.45) is 0 Å². The molecular formula is C12H20ClN3. The lowest BCUT2D eigenvalue weighted by Crippen LogP contribution is -2.20. The Labute approximate surface area is 103 Å². The highest BCUT2D eigenvalue weighted by Crippen LogP contribution is 2.14. The molecule has 1 aromatic rings. The molecule has 0 aliphatic carbocycles. The van der Waals surface area contributed by atoms with Gasteiger partial charge in [-0.25, -0.2) is 4.98 Å². The van der Waals surface area contributed by atoms with E-state index in [1.165, 1.54) is 25.7 Å². The van der Waals surface area contributed by atoms with Crippen LogP contribution >= 0.6 is 11.6 Å². The number of nitrogens with one attached hydrogen (secondary N) is 1. The second kappa shape index (κ2) is 7.44. The molecule has 1 aromatic heterocycles. The van der Waals surface area contributed by atoms with E-state index in [9.17, 15) is 0 Å². The van der Waals surface area contributed by atoms with Crippen LogP contribution in [0.3, 0.4) is 0 Å². The number of rotatable bonds is 7. The van der Waals surface area contributed by atoms with Gasteiger partial charge >= 0.3 is 0 Å². The van der Waals surface area contributed by atoms with E-state index < -0.39 is 0 Å². The monoisotopic (exact) mass is 241 g/mol. The second-order valence-electron chi connectivity index (χ2n) is 4.00. The van der Waals surface area contributed by atoms with Crippen molar-refractivity contribution < 1.29 is 0 Å². The number of halogens is 1. The summed E-state index contributed by atoms with van der Waals surface area (Å²) in [4.78, 5) is 8.22. The first-order chi connectivity index (χ1) is 7.76. The Kier molecular flexibility index (Phi) is 6.16. The van der Waals surface area contributed by atoms with Gasteiger partial charge in [0.2, 0.25) is 0 Å². The number of nitrogens with zero attached hydrogens (tertiary/aromatic N) is 2. The summed E-state index contributed by atoms with van der Waals surface area (Å²) in [5.41, 5.74) is 0. The van der Waals surface area contributed by atoms with Crippen molar-refractivity contribution in [1.82, 2.24) is 9.97 Å². The van der Waals surface area contributed by atoms with E-state index in [0.717, 1.165) is 12.2 Å². The minimum atomic E-state index is 0.440. The standard InChI is InChI=1S/C12H20ClN3/c1-3-5-7-10(6-4-2)15-12-9-14-8-11(13)16-12/h8-10H,3-7H2,1-2H3,(H,15,16). The van der Waals surface area contributed by atoms with Crippen LogP contribution in [-0.2, 0) is 0 Å². The number of anilines is 1. The molecule has 1 atom stereocenters. The van der Waals surface area contributed by atoms with E-state index in [2.05, 4.69) is 29.1 Å². The highest BCUT2D eigenvalue weighted by Gasteiger charge is 2.07. The maximum absolute atomic E-state index is 5.80. The quantitative estimate of drug-likeness (QED) is 0.787. The molecule has 0 amide bonds. The first-order valence-electron chi connectivity index (χ1n) is 6.00. The van der Waals surface area contributed by atoms with E-state index in [1.807, 2.05) is 0 Å².